The van der Waals surface area contributed by atoms with E-state index in [0.717, 1.165) is 0 Å². The van der Waals surface area contributed by atoms with Crippen molar-refractivity contribution in [2.45, 2.75) is 33.4 Å². The quantitative estimate of drug-likeness (QED) is 0.597. The zero-order valence-electron chi connectivity index (χ0n) is 12.9. The van der Waals surface area contributed by atoms with Crippen molar-refractivity contribution in [1.29, 1.82) is 0 Å². The minimum atomic E-state index is -0.672. The molecule has 1 aromatic rings. The van der Waals surface area contributed by atoms with E-state index >= 15 is 0 Å². The number of nitrogens with zero attached hydrogens (tertiary/aromatic N) is 2. The number of nitrogens with two attached hydrogens (primary N) is 1. The Morgan fingerprint density at radius 2 is 2.14 bits per heavy atom. The number of anilines is 1. The first kappa shape index (κ1) is 17.0. The van der Waals surface area contributed by atoms with Crippen LogP contribution in [0, 0.1) is 6.92 Å². The minimum Gasteiger partial charge on any atom is -0.395 e. The fourth-order valence-corrected chi connectivity index (χ4v) is 1.82. The van der Waals surface area contributed by atoms with Crippen LogP contribution in [0.1, 0.15) is 30.0 Å². The van der Waals surface area contributed by atoms with Gasteiger partial charge >= 0.3 is 0 Å². The Labute approximate surface area is 124 Å². The fraction of sp³-hybridized carbons (Fsp3) is 0.615. The molecule has 0 aromatic carbocycles. The second-order valence-electron chi connectivity index (χ2n) is 4.64. The number of aryl methyl sites for hydroxylation is 2. The van der Waals surface area contributed by atoms with Crippen molar-refractivity contribution in [2.24, 2.45) is 0 Å². The number of carbonyl (C=O) groups is 2. The molecule has 2 amide bonds. The topological polar surface area (TPSA) is 111 Å². The van der Waals surface area contributed by atoms with Gasteiger partial charge in [-0.25, -0.2) is 0 Å². The molecule has 0 radical (unpaired) electrons. The highest BCUT2D eigenvalue weighted by Crippen LogP contribution is 2.16. The lowest BCUT2D eigenvalue weighted by Crippen LogP contribution is -2.46. The van der Waals surface area contributed by atoms with Gasteiger partial charge in [0.05, 0.1) is 18.0 Å². The van der Waals surface area contributed by atoms with Gasteiger partial charge in [0.1, 0.15) is 11.7 Å². The molecule has 0 bridgehead atoms. The largest absolute Gasteiger partial charge is 0.395 e. The first-order valence-corrected chi connectivity index (χ1v) is 6.82. The number of amides is 2. The van der Waals surface area contributed by atoms with Gasteiger partial charge in [0, 0.05) is 20.2 Å². The number of hydrogen-bond acceptors (Lipinski definition) is 5. The van der Waals surface area contributed by atoms with Gasteiger partial charge in [0.2, 0.25) is 5.91 Å². The molecule has 1 heterocycles. The second kappa shape index (κ2) is 7.63. The Bertz CT molecular complexity index is 512. The van der Waals surface area contributed by atoms with Gasteiger partial charge in [-0.05, 0) is 20.8 Å². The molecule has 0 aliphatic carbocycles. The van der Waals surface area contributed by atoms with Gasteiger partial charge < -0.3 is 21.1 Å². The molecule has 0 saturated heterocycles. The molecule has 4 N–H and O–H groups in total. The summed E-state index contributed by atoms with van der Waals surface area (Å²) in [7, 11) is 1.55. The van der Waals surface area contributed by atoms with Gasteiger partial charge in [-0.2, -0.15) is 5.10 Å². The van der Waals surface area contributed by atoms with E-state index in [-0.39, 0.29) is 11.6 Å². The summed E-state index contributed by atoms with van der Waals surface area (Å²) in [6.07, 6.45) is 0. The van der Waals surface area contributed by atoms with Crippen molar-refractivity contribution < 1.29 is 14.3 Å². The van der Waals surface area contributed by atoms with Crippen LogP contribution in [-0.2, 0) is 16.1 Å². The van der Waals surface area contributed by atoms with Crippen LogP contribution in [-0.4, -0.2) is 47.9 Å². The van der Waals surface area contributed by atoms with E-state index in [1.54, 1.807) is 21.0 Å². The molecule has 1 rings (SSSR count). The van der Waals surface area contributed by atoms with E-state index in [0.29, 0.717) is 31.1 Å². The standard InChI is InChI=1S/C13H23N5O3/c1-5-18-11(10(14)8(2)17-18)13(20)16-9(3)12(19)15-6-7-21-4/h9H,5-7,14H2,1-4H3,(H,15,19)(H,16,20). The predicted molar refractivity (Wildman–Crippen MR) is 78.9 cm³/mol. The Balaban J connectivity index is 2.70. The Kier molecular flexibility index (Phi) is 6.16. The summed E-state index contributed by atoms with van der Waals surface area (Å²) < 4.78 is 6.36. The van der Waals surface area contributed by atoms with Crippen LogP contribution in [0.15, 0.2) is 0 Å². The average Bonchev–Trinajstić information content (AvgIpc) is 2.74. The average molecular weight is 297 g/mol. The highest BCUT2D eigenvalue weighted by atomic mass is 16.5. The highest BCUT2D eigenvalue weighted by Gasteiger charge is 2.22. The van der Waals surface area contributed by atoms with Gasteiger partial charge in [0.15, 0.2) is 0 Å². The second-order valence-corrected chi connectivity index (χ2v) is 4.64. The number of methoxy groups -OCH3 is 1. The summed E-state index contributed by atoms with van der Waals surface area (Å²) in [5, 5.41) is 9.45. The number of ether oxygens (including phenoxy) is 1. The molecule has 1 unspecified atom stereocenters. The van der Waals surface area contributed by atoms with E-state index in [2.05, 4.69) is 15.7 Å². The number of hydrogen-bond donors (Lipinski definition) is 3. The zero-order valence-corrected chi connectivity index (χ0v) is 12.9. The third kappa shape index (κ3) is 4.19. The van der Waals surface area contributed by atoms with Crippen molar-refractivity contribution in [3.05, 3.63) is 11.4 Å². The molecule has 0 fully saturated rings. The smallest absolute Gasteiger partial charge is 0.272 e. The molecule has 8 nitrogen and oxygen atoms in total. The number of rotatable bonds is 7. The minimum absolute atomic E-state index is 0.279. The Morgan fingerprint density at radius 3 is 2.71 bits per heavy atom. The molecule has 0 saturated carbocycles. The molecule has 118 valence electrons. The molecular weight excluding hydrogens is 274 g/mol. The first-order chi connectivity index (χ1) is 9.92. The van der Waals surface area contributed by atoms with Gasteiger partial charge in [-0.1, -0.05) is 0 Å². The monoisotopic (exact) mass is 297 g/mol. The van der Waals surface area contributed by atoms with E-state index in [4.69, 9.17) is 10.5 Å². The maximum absolute atomic E-state index is 12.2. The van der Waals surface area contributed by atoms with E-state index in [9.17, 15) is 9.59 Å². The SMILES string of the molecule is CCn1nc(C)c(N)c1C(=O)NC(C)C(=O)NCCOC. The van der Waals surface area contributed by atoms with Crippen LogP contribution < -0.4 is 16.4 Å². The molecule has 21 heavy (non-hydrogen) atoms. The summed E-state index contributed by atoms with van der Waals surface area (Å²) in [4.78, 5) is 24.0. The molecular formula is C13H23N5O3. The number of carbonyl (C=O) groups excluding carboxylic acids is 2. The predicted octanol–water partition coefficient (Wildman–Crippen LogP) is -0.325. The van der Waals surface area contributed by atoms with Gasteiger partial charge in [0.25, 0.3) is 5.91 Å². The fourth-order valence-electron chi connectivity index (χ4n) is 1.82. The van der Waals surface area contributed by atoms with Crippen LogP contribution in [0.3, 0.4) is 0 Å². The van der Waals surface area contributed by atoms with E-state index < -0.39 is 11.9 Å². The summed E-state index contributed by atoms with van der Waals surface area (Å²) in [6, 6.07) is -0.672. The van der Waals surface area contributed by atoms with Crippen LogP contribution in [0.4, 0.5) is 5.69 Å². The number of nitrogens with one attached hydrogen (secondary N) is 2. The molecule has 8 heteroatoms. The maximum atomic E-state index is 12.2. The lowest BCUT2D eigenvalue weighted by atomic mass is 10.2. The number of nitrogen functional groups attached to an aromatic ring is 1. The highest BCUT2D eigenvalue weighted by molar-refractivity contribution is 6.00. The summed E-state index contributed by atoms with van der Waals surface area (Å²) >= 11 is 0. The number of aromatic nitrogens is 2. The Hall–Kier alpha value is -2.09. The molecule has 0 spiro atoms. The third-order valence-corrected chi connectivity index (χ3v) is 3.03. The maximum Gasteiger partial charge on any atom is 0.272 e. The van der Waals surface area contributed by atoms with Crippen molar-refractivity contribution in [3.63, 3.8) is 0 Å². The molecule has 1 aromatic heterocycles. The van der Waals surface area contributed by atoms with E-state index in [1.807, 2.05) is 6.92 Å². The van der Waals surface area contributed by atoms with E-state index in [1.165, 1.54) is 4.68 Å². The summed E-state index contributed by atoms with van der Waals surface area (Å²) in [5.41, 5.74) is 7.08. The van der Waals surface area contributed by atoms with Crippen LogP contribution in [0.2, 0.25) is 0 Å². The third-order valence-electron chi connectivity index (χ3n) is 3.03. The molecule has 0 aliphatic heterocycles. The normalized spacial score (nSPS) is 12.0. The van der Waals surface area contributed by atoms with Crippen LogP contribution >= 0.6 is 0 Å². The van der Waals surface area contributed by atoms with Gasteiger partial charge in [-0.3, -0.25) is 14.3 Å². The molecule has 0 aliphatic rings. The lowest BCUT2D eigenvalue weighted by Gasteiger charge is -2.14. The van der Waals surface area contributed by atoms with Crippen molar-refractivity contribution in [1.82, 2.24) is 20.4 Å². The first-order valence-electron chi connectivity index (χ1n) is 6.82. The Morgan fingerprint density at radius 1 is 1.48 bits per heavy atom. The van der Waals surface area contributed by atoms with Crippen LogP contribution in [0.25, 0.3) is 0 Å². The van der Waals surface area contributed by atoms with Crippen molar-refractivity contribution in [2.75, 3.05) is 26.0 Å². The zero-order chi connectivity index (χ0) is 16.0. The summed E-state index contributed by atoms with van der Waals surface area (Å²) in [6.45, 7) is 6.54. The van der Waals surface area contributed by atoms with Crippen molar-refractivity contribution >= 4 is 17.5 Å². The molecule has 1 atom stereocenters. The van der Waals surface area contributed by atoms with Gasteiger partial charge in [-0.15, -0.1) is 0 Å². The lowest BCUT2D eigenvalue weighted by molar-refractivity contribution is -0.122. The summed E-state index contributed by atoms with van der Waals surface area (Å²) in [5.74, 6) is -0.692. The van der Waals surface area contributed by atoms with Crippen molar-refractivity contribution in [3.8, 4) is 0 Å². The van der Waals surface area contributed by atoms with Crippen LogP contribution in [0.5, 0.6) is 0 Å².